The van der Waals surface area contributed by atoms with Gasteiger partial charge in [-0.25, -0.2) is 0 Å². The Labute approximate surface area is 119 Å². The Bertz CT molecular complexity index is 450. The summed E-state index contributed by atoms with van der Waals surface area (Å²) < 4.78 is 10.7. The largest absolute Gasteiger partial charge is 0.493 e. The van der Waals surface area contributed by atoms with Crippen LogP contribution in [0.3, 0.4) is 0 Å². The van der Waals surface area contributed by atoms with Crippen molar-refractivity contribution < 1.29 is 14.3 Å². The van der Waals surface area contributed by atoms with Crippen molar-refractivity contribution in [3.05, 3.63) is 24.3 Å². The molecule has 2 rings (SSSR count). The second-order valence-corrected chi connectivity index (χ2v) is 5.20. The summed E-state index contributed by atoms with van der Waals surface area (Å²) in [5, 5.41) is 6.30. The van der Waals surface area contributed by atoms with E-state index in [-0.39, 0.29) is 18.6 Å². The van der Waals surface area contributed by atoms with Crippen LogP contribution in [0.4, 0.5) is 0 Å². The minimum Gasteiger partial charge on any atom is -0.493 e. The van der Waals surface area contributed by atoms with Gasteiger partial charge in [-0.15, -0.1) is 0 Å². The van der Waals surface area contributed by atoms with Crippen LogP contribution in [-0.2, 0) is 4.79 Å². The van der Waals surface area contributed by atoms with Gasteiger partial charge in [-0.3, -0.25) is 4.79 Å². The zero-order chi connectivity index (χ0) is 14.4. The lowest BCUT2D eigenvalue weighted by Crippen LogP contribution is -2.49. The lowest BCUT2D eigenvalue weighted by Gasteiger charge is -2.28. The summed E-state index contributed by atoms with van der Waals surface area (Å²) in [6, 6.07) is 7.49. The molecule has 1 saturated heterocycles. The fourth-order valence-electron chi connectivity index (χ4n) is 2.42. The molecule has 1 aliphatic rings. The fourth-order valence-corrected chi connectivity index (χ4v) is 2.42. The third kappa shape index (κ3) is 4.13. The van der Waals surface area contributed by atoms with E-state index in [9.17, 15) is 4.79 Å². The van der Waals surface area contributed by atoms with Crippen molar-refractivity contribution in [2.24, 2.45) is 5.92 Å². The zero-order valence-electron chi connectivity index (χ0n) is 12.0. The number of para-hydroxylation sites is 2. The number of carbonyl (C=O) groups excluding carboxylic acids is 1. The lowest BCUT2D eigenvalue weighted by atomic mass is 9.98. The number of piperidine rings is 1. The van der Waals surface area contributed by atoms with E-state index in [1.54, 1.807) is 19.2 Å². The second kappa shape index (κ2) is 7.14. The van der Waals surface area contributed by atoms with E-state index in [2.05, 4.69) is 17.6 Å². The Morgan fingerprint density at radius 2 is 2.10 bits per heavy atom. The molecule has 5 heteroatoms. The van der Waals surface area contributed by atoms with Gasteiger partial charge >= 0.3 is 0 Å². The average Bonchev–Trinajstić information content (AvgIpc) is 2.45. The van der Waals surface area contributed by atoms with Crippen LogP contribution < -0.4 is 20.1 Å². The molecule has 0 aliphatic carbocycles. The monoisotopic (exact) mass is 278 g/mol. The Balaban J connectivity index is 1.80. The molecule has 0 bridgehead atoms. The SMILES string of the molecule is COc1ccccc1OCC(=O)NC1CNC[C@@H](C)C1. The zero-order valence-corrected chi connectivity index (χ0v) is 12.0. The van der Waals surface area contributed by atoms with E-state index < -0.39 is 0 Å². The summed E-state index contributed by atoms with van der Waals surface area (Å²) in [4.78, 5) is 11.9. The van der Waals surface area contributed by atoms with Crippen LogP contribution in [0.5, 0.6) is 11.5 Å². The van der Waals surface area contributed by atoms with Gasteiger partial charge in [0.1, 0.15) is 0 Å². The molecule has 0 saturated carbocycles. The molecule has 2 atom stereocenters. The molecule has 1 heterocycles. The van der Waals surface area contributed by atoms with Crippen molar-refractivity contribution in [3.63, 3.8) is 0 Å². The molecule has 1 aliphatic heterocycles. The summed E-state index contributed by atoms with van der Waals surface area (Å²) in [6.45, 7) is 4.02. The van der Waals surface area contributed by atoms with Gasteiger partial charge in [0, 0.05) is 12.6 Å². The number of amides is 1. The maximum atomic E-state index is 11.9. The first-order chi connectivity index (χ1) is 9.69. The van der Waals surface area contributed by atoms with Crippen molar-refractivity contribution in [2.45, 2.75) is 19.4 Å². The molecule has 5 nitrogen and oxygen atoms in total. The number of nitrogens with one attached hydrogen (secondary N) is 2. The standard InChI is InChI=1S/C15H22N2O3/c1-11-7-12(9-16-8-11)17-15(18)10-20-14-6-4-3-5-13(14)19-2/h3-6,11-12,16H,7-10H2,1-2H3,(H,17,18)/t11-,12?/m0/s1. The smallest absolute Gasteiger partial charge is 0.258 e. The Kier molecular flexibility index (Phi) is 5.24. The summed E-state index contributed by atoms with van der Waals surface area (Å²) in [7, 11) is 1.58. The van der Waals surface area contributed by atoms with E-state index in [0.717, 1.165) is 19.5 Å². The number of hydrogen-bond donors (Lipinski definition) is 2. The number of methoxy groups -OCH3 is 1. The molecule has 0 radical (unpaired) electrons. The predicted octanol–water partition coefficient (Wildman–Crippen LogP) is 1.19. The molecule has 1 fully saturated rings. The predicted molar refractivity (Wildman–Crippen MR) is 77.1 cm³/mol. The first-order valence-electron chi connectivity index (χ1n) is 6.95. The normalized spacial score (nSPS) is 22.1. The van der Waals surface area contributed by atoms with Crippen LogP contribution in [0.25, 0.3) is 0 Å². The van der Waals surface area contributed by atoms with Crippen molar-refractivity contribution in [3.8, 4) is 11.5 Å². The van der Waals surface area contributed by atoms with Crippen LogP contribution in [0.15, 0.2) is 24.3 Å². The van der Waals surface area contributed by atoms with Crippen LogP contribution in [0.2, 0.25) is 0 Å². The lowest BCUT2D eigenvalue weighted by molar-refractivity contribution is -0.124. The maximum Gasteiger partial charge on any atom is 0.258 e. The minimum atomic E-state index is -0.100. The van der Waals surface area contributed by atoms with Gasteiger partial charge in [-0.05, 0) is 31.0 Å². The van der Waals surface area contributed by atoms with Gasteiger partial charge < -0.3 is 20.1 Å². The molecule has 0 spiro atoms. The number of hydrogen-bond acceptors (Lipinski definition) is 4. The number of benzene rings is 1. The van der Waals surface area contributed by atoms with Gasteiger partial charge in [0.2, 0.25) is 0 Å². The number of carbonyl (C=O) groups is 1. The van der Waals surface area contributed by atoms with E-state index in [4.69, 9.17) is 9.47 Å². The Morgan fingerprint density at radius 1 is 1.35 bits per heavy atom. The highest BCUT2D eigenvalue weighted by molar-refractivity contribution is 5.78. The van der Waals surface area contributed by atoms with Crippen molar-refractivity contribution >= 4 is 5.91 Å². The summed E-state index contributed by atoms with van der Waals surface area (Å²) in [5.41, 5.74) is 0. The number of rotatable bonds is 5. The molecule has 1 amide bonds. The summed E-state index contributed by atoms with van der Waals surface area (Å²) >= 11 is 0. The van der Waals surface area contributed by atoms with Crippen molar-refractivity contribution in [1.82, 2.24) is 10.6 Å². The molecule has 0 aromatic heterocycles. The third-order valence-electron chi connectivity index (χ3n) is 3.36. The van der Waals surface area contributed by atoms with E-state index >= 15 is 0 Å². The molecule has 2 N–H and O–H groups in total. The van der Waals surface area contributed by atoms with E-state index in [0.29, 0.717) is 17.4 Å². The first-order valence-corrected chi connectivity index (χ1v) is 6.95. The van der Waals surface area contributed by atoms with Crippen LogP contribution in [0, 0.1) is 5.92 Å². The molecular formula is C15H22N2O3. The quantitative estimate of drug-likeness (QED) is 0.849. The third-order valence-corrected chi connectivity index (χ3v) is 3.36. The highest BCUT2D eigenvalue weighted by Crippen LogP contribution is 2.25. The van der Waals surface area contributed by atoms with E-state index in [1.165, 1.54) is 0 Å². The Hall–Kier alpha value is -1.75. The minimum absolute atomic E-state index is 0.00521. The second-order valence-electron chi connectivity index (χ2n) is 5.20. The van der Waals surface area contributed by atoms with Crippen LogP contribution >= 0.6 is 0 Å². The van der Waals surface area contributed by atoms with Crippen molar-refractivity contribution in [1.29, 1.82) is 0 Å². The van der Waals surface area contributed by atoms with Gasteiger partial charge in [-0.1, -0.05) is 19.1 Å². The van der Waals surface area contributed by atoms with E-state index in [1.807, 2.05) is 12.1 Å². The molecule has 110 valence electrons. The first kappa shape index (κ1) is 14.7. The van der Waals surface area contributed by atoms with Gasteiger partial charge in [0.25, 0.3) is 5.91 Å². The molecule has 1 unspecified atom stereocenters. The van der Waals surface area contributed by atoms with Crippen molar-refractivity contribution in [2.75, 3.05) is 26.8 Å². The summed E-state index contributed by atoms with van der Waals surface area (Å²) in [5.74, 6) is 1.70. The van der Waals surface area contributed by atoms with Gasteiger partial charge in [0.15, 0.2) is 18.1 Å². The topological polar surface area (TPSA) is 59.6 Å². The molecule has 20 heavy (non-hydrogen) atoms. The van der Waals surface area contributed by atoms with Gasteiger partial charge in [-0.2, -0.15) is 0 Å². The highest BCUT2D eigenvalue weighted by Gasteiger charge is 2.20. The van der Waals surface area contributed by atoms with Crippen LogP contribution in [0.1, 0.15) is 13.3 Å². The summed E-state index contributed by atoms with van der Waals surface area (Å²) in [6.07, 6.45) is 1.01. The van der Waals surface area contributed by atoms with Crippen LogP contribution in [-0.4, -0.2) is 38.8 Å². The maximum absolute atomic E-state index is 11.9. The molecule has 1 aromatic carbocycles. The number of ether oxygens (including phenoxy) is 2. The highest BCUT2D eigenvalue weighted by atomic mass is 16.5. The fraction of sp³-hybridized carbons (Fsp3) is 0.533. The molecule has 1 aromatic rings. The van der Waals surface area contributed by atoms with Gasteiger partial charge in [0.05, 0.1) is 7.11 Å². The average molecular weight is 278 g/mol. The Morgan fingerprint density at radius 3 is 2.80 bits per heavy atom. The molecular weight excluding hydrogens is 256 g/mol.